The standard InChI is InChI=1S/C19H31N7O6S/c1-10(24-17(29)12(20)3-4-15(21)27)16(28)26-14(7-11-8-22-9-23-11)18(30)25-13(19(31)32)5-6-33-2/h8-10,12-14H,3-7,20H2,1-2H3,(H2,21,27)(H,22,23)(H,24,29)(H,25,30)(H,26,28)(H,31,32). The maximum atomic E-state index is 12.8. The van der Waals surface area contributed by atoms with E-state index in [1.165, 1.54) is 31.2 Å². The molecule has 0 aliphatic rings. The quantitative estimate of drug-likeness (QED) is 0.144. The van der Waals surface area contributed by atoms with Crippen molar-refractivity contribution in [1.29, 1.82) is 0 Å². The lowest BCUT2D eigenvalue weighted by atomic mass is 10.1. The van der Waals surface area contributed by atoms with Crippen LogP contribution in [-0.2, 0) is 30.4 Å². The first-order valence-electron chi connectivity index (χ1n) is 10.2. The van der Waals surface area contributed by atoms with Crippen LogP contribution in [0.3, 0.4) is 0 Å². The molecule has 0 bridgehead atoms. The number of H-pyrrole nitrogens is 1. The smallest absolute Gasteiger partial charge is 0.326 e. The van der Waals surface area contributed by atoms with Gasteiger partial charge in [-0.15, -0.1) is 0 Å². The molecule has 1 heterocycles. The van der Waals surface area contributed by atoms with Crippen molar-refractivity contribution in [2.24, 2.45) is 11.5 Å². The predicted octanol–water partition coefficient (Wildman–Crippen LogP) is -2.14. The van der Waals surface area contributed by atoms with Gasteiger partial charge in [-0.25, -0.2) is 9.78 Å². The van der Waals surface area contributed by atoms with Crippen molar-refractivity contribution in [3.05, 3.63) is 18.2 Å². The summed E-state index contributed by atoms with van der Waals surface area (Å²) in [5.74, 6) is -3.29. The number of amides is 4. The average Bonchev–Trinajstić information content (AvgIpc) is 3.26. The van der Waals surface area contributed by atoms with E-state index in [0.29, 0.717) is 11.4 Å². The van der Waals surface area contributed by atoms with Gasteiger partial charge in [0.2, 0.25) is 23.6 Å². The number of primary amides is 1. The van der Waals surface area contributed by atoms with Gasteiger partial charge in [0.05, 0.1) is 12.4 Å². The molecule has 14 heteroatoms. The van der Waals surface area contributed by atoms with Crippen LogP contribution in [0, 0.1) is 0 Å². The van der Waals surface area contributed by atoms with Gasteiger partial charge in [0, 0.05) is 24.7 Å². The molecule has 1 aromatic heterocycles. The molecule has 1 aromatic rings. The highest BCUT2D eigenvalue weighted by Crippen LogP contribution is 2.05. The minimum absolute atomic E-state index is 0.0191. The predicted molar refractivity (Wildman–Crippen MR) is 121 cm³/mol. The molecule has 0 saturated heterocycles. The molecule has 33 heavy (non-hydrogen) atoms. The first-order valence-corrected chi connectivity index (χ1v) is 11.6. The summed E-state index contributed by atoms with van der Waals surface area (Å²) in [5, 5.41) is 16.8. The van der Waals surface area contributed by atoms with E-state index in [-0.39, 0.29) is 25.7 Å². The molecule has 13 nitrogen and oxygen atoms in total. The number of nitrogens with zero attached hydrogens (tertiary/aromatic N) is 1. The van der Waals surface area contributed by atoms with Crippen LogP contribution >= 0.6 is 11.8 Å². The summed E-state index contributed by atoms with van der Waals surface area (Å²) < 4.78 is 0. The normalized spacial score (nSPS) is 14.4. The van der Waals surface area contributed by atoms with Crippen LogP contribution in [0.1, 0.15) is 31.9 Å². The number of nitrogens with two attached hydrogens (primary N) is 2. The van der Waals surface area contributed by atoms with Gasteiger partial charge in [-0.05, 0) is 31.8 Å². The number of aromatic amines is 1. The Bertz CT molecular complexity index is 820. The molecule has 0 saturated carbocycles. The Morgan fingerprint density at radius 1 is 1.09 bits per heavy atom. The van der Waals surface area contributed by atoms with Crippen molar-refractivity contribution < 1.29 is 29.1 Å². The molecule has 184 valence electrons. The molecule has 0 aliphatic heterocycles. The highest BCUT2D eigenvalue weighted by Gasteiger charge is 2.29. The fourth-order valence-electron chi connectivity index (χ4n) is 2.70. The molecule has 0 fully saturated rings. The second-order valence-electron chi connectivity index (χ2n) is 7.36. The van der Waals surface area contributed by atoms with E-state index in [9.17, 15) is 29.1 Å². The first kappa shape index (κ1) is 27.9. The Morgan fingerprint density at radius 3 is 2.30 bits per heavy atom. The third-order valence-corrected chi connectivity index (χ3v) is 5.27. The molecule has 0 aromatic carbocycles. The lowest BCUT2D eigenvalue weighted by molar-refractivity contribution is -0.142. The molecular formula is C19H31N7O6S. The van der Waals surface area contributed by atoms with E-state index in [4.69, 9.17) is 11.5 Å². The van der Waals surface area contributed by atoms with E-state index in [0.717, 1.165) is 0 Å². The van der Waals surface area contributed by atoms with Gasteiger partial charge in [-0.1, -0.05) is 0 Å². The van der Waals surface area contributed by atoms with Crippen LogP contribution in [0.25, 0.3) is 0 Å². The lowest BCUT2D eigenvalue weighted by Crippen LogP contribution is -2.57. The number of carbonyl (C=O) groups excluding carboxylic acids is 4. The van der Waals surface area contributed by atoms with E-state index in [2.05, 4.69) is 25.9 Å². The van der Waals surface area contributed by atoms with Gasteiger partial charge >= 0.3 is 5.97 Å². The minimum atomic E-state index is -1.19. The third-order valence-electron chi connectivity index (χ3n) is 4.63. The Balaban J connectivity index is 2.82. The number of carbonyl (C=O) groups is 5. The molecule has 4 amide bonds. The van der Waals surface area contributed by atoms with Crippen molar-refractivity contribution in [1.82, 2.24) is 25.9 Å². The summed E-state index contributed by atoms with van der Waals surface area (Å²) in [7, 11) is 0. The molecule has 0 aliphatic carbocycles. The van der Waals surface area contributed by atoms with Gasteiger partial charge in [0.25, 0.3) is 0 Å². The zero-order valence-corrected chi connectivity index (χ0v) is 19.3. The third kappa shape index (κ3) is 10.4. The maximum absolute atomic E-state index is 12.8. The number of carboxylic acid groups (broad SMARTS) is 1. The topological polar surface area (TPSA) is 222 Å². The van der Waals surface area contributed by atoms with Crippen LogP contribution < -0.4 is 27.4 Å². The number of rotatable bonds is 15. The molecule has 9 N–H and O–H groups in total. The van der Waals surface area contributed by atoms with Crippen LogP contribution in [0.5, 0.6) is 0 Å². The number of carboxylic acids is 1. The molecule has 4 atom stereocenters. The number of hydrogen-bond acceptors (Lipinski definition) is 8. The Morgan fingerprint density at radius 2 is 1.76 bits per heavy atom. The summed E-state index contributed by atoms with van der Waals surface area (Å²) in [6.45, 7) is 1.40. The van der Waals surface area contributed by atoms with Gasteiger partial charge < -0.3 is 37.5 Å². The van der Waals surface area contributed by atoms with Gasteiger partial charge in [-0.3, -0.25) is 19.2 Å². The number of imidazole rings is 1. The summed E-state index contributed by atoms with van der Waals surface area (Å²) >= 11 is 1.44. The Hall–Kier alpha value is -3.13. The van der Waals surface area contributed by atoms with Crippen molar-refractivity contribution in [2.75, 3.05) is 12.0 Å². The molecule has 0 spiro atoms. The molecule has 4 unspecified atom stereocenters. The molecular weight excluding hydrogens is 454 g/mol. The largest absolute Gasteiger partial charge is 0.480 e. The van der Waals surface area contributed by atoms with Crippen molar-refractivity contribution in [2.45, 2.75) is 56.8 Å². The van der Waals surface area contributed by atoms with Crippen molar-refractivity contribution >= 4 is 41.4 Å². The van der Waals surface area contributed by atoms with E-state index >= 15 is 0 Å². The summed E-state index contributed by atoms with van der Waals surface area (Å²) in [6.07, 6.45) is 4.86. The maximum Gasteiger partial charge on any atom is 0.326 e. The van der Waals surface area contributed by atoms with Gasteiger partial charge in [-0.2, -0.15) is 11.8 Å². The highest BCUT2D eigenvalue weighted by atomic mass is 32.2. The van der Waals surface area contributed by atoms with Crippen molar-refractivity contribution in [3.8, 4) is 0 Å². The van der Waals surface area contributed by atoms with Gasteiger partial charge in [0.15, 0.2) is 0 Å². The van der Waals surface area contributed by atoms with Crippen molar-refractivity contribution in [3.63, 3.8) is 0 Å². The van der Waals surface area contributed by atoms with Crippen LogP contribution in [0.2, 0.25) is 0 Å². The van der Waals surface area contributed by atoms with Crippen LogP contribution in [-0.4, -0.2) is 80.8 Å². The number of thioether (sulfide) groups is 1. The number of nitrogens with one attached hydrogen (secondary N) is 4. The van der Waals surface area contributed by atoms with E-state index in [1.54, 1.807) is 0 Å². The zero-order valence-electron chi connectivity index (χ0n) is 18.5. The number of aliphatic carboxylic acids is 1. The highest BCUT2D eigenvalue weighted by molar-refractivity contribution is 7.98. The van der Waals surface area contributed by atoms with Crippen LogP contribution in [0.15, 0.2) is 12.5 Å². The monoisotopic (exact) mass is 485 g/mol. The SMILES string of the molecule is CSCCC(NC(=O)C(Cc1cnc[nH]1)NC(=O)C(C)NC(=O)C(N)CCC(N)=O)C(=O)O. The Kier molecular flexibility index (Phi) is 11.9. The zero-order chi connectivity index (χ0) is 25.0. The van der Waals surface area contributed by atoms with E-state index in [1.807, 2.05) is 6.26 Å². The fraction of sp³-hybridized carbons (Fsp3) is 0.579. The molecule has 1 rings (SSSR count). The summed E-state index contributed by atoms with van der Waals surface area (Å²) in [5.41, 5.74) is 11.3. The van der Waals surface area contributed by atoms with Crippen LogP contribution in [0.4, 0.5) is 0 Å². The minimum Gasteiger partial charge on any atom is -0.480 e. The number of aromatic nitrogens is 2. The second kappa shape index (κ2) is 14.1. The number of hydrogen-bond donors (Lipinski definition) is 7. The molecule has 0 radical (unpaired) electrons. The summed E-state index contributed by atoms with van der Waals surface area (Å²) in [6, 6.07) is -4.34. The fourth-order valence-corrected chi connectivity index (χ4v) is 3.17. The first-order chi connectivity index (χ1) is 15.5. The summed E-state index contributed by atoms with van der Waals surface area (Å²) in [4.78, 5) is 66.6. The van der Waals surface area contributed by atoms with Gasteiger partial charge in [0.1, 0.15) is 18.1 Å². The second-order valence-corrected chi connectivity index (χ2v) is 8.35. The van der Waals surface area contributed by atoms with E-state index < -0.39 is 53.8 Å². The lowest BCUT2D eigenvalue weighted by Gasteiger charge is -2.23. The Labute approximate surface area is 195 Å². The average molecular weight is 486 g/mol.